The van der Waals surface area contributed by atoms with Gasteiger partial charge in [-0.1, -0.05) is 67.0 Å². The summed E-state index contributed by atoms with van der Waals surface area (Å²) in [5, 5.41) is 10.8. The van der Waals surface area contributed by atoms with Crippen molar-refractivity contribution >= 4 is 0 Å². The summed E-state index contributed by atoms with van der Waals surface area (Å²) in [7, 11) is 0. The number of fused-ring (bicyclic) bond motifs is 7. The second kappa shape index (κ2) is 6.64. The third kappa shape index (κ3) is 2.60. The van der Waals surface area contributed by atoms with Crippen LogP contribution in [0.15, 0.2) is 11.6 Å². The van der Waals surface area contributed by atoms with E-state index in [2.05, 4.69) is 61.5 Å². The van der Waals surface area contributed by atoms with E-state index in [0.29, 0.717) is 27.6 Å². The van der Waals surface area contributed by atoms with Gasteiger partial charge in [0.2, 0.25) is 0 Å². The number of allylic oxidation sites excluding steroid dienone is 2. The second-order valence-electron chi connectivity index (χ2n) is 14.7. The third-order valence-corrected chi connectivity index (χ3v) is 13.2. The monoisotopic (exact) mass is 426 g/mol. The van der Waals surface area contributed by atoms with E-state index in [1.807, 2.05) is 5.57 Å². The molecule has 0 unspecified atom stereocenters. The van der Waals surface area contributed by atoms with E-state index in [-0.39, 0.29) is 11.5 Å². The molecule has 0 amide bonds. The first-order valence-electron chi connectivity index (χ1n) is 13.7. The summed E-state index contributed by atoms with van der Waals surface area (Å²) in [6.45, 7) is 20.4. The molecule has 0 heterocycles. The average Bonchev–Trinajstić information content (AvgIpc) is 3.05. The smallest absolute Gasteiger partial charge is 0.0594 e. The van der Waals surface area contributed by atoms with Crippen molar-refractivity contribution in [3.05, 3.63) is 11.6 Å². The molecule has 4 fully saturated rings. The maximum absolute atomic E-state index is 10.8. The van der Waals surface area contributed by atoms with Gasteiger partial charge in [0.1, 0.15) is 0 Å². The van der Waals surface area contributed by atoms with E-state index < -0.39 is 0 Å². The molecule has 0 spiro atoms. The summed E-state index contributed by atoms with van der Waals surface area (Å²) in [4.78, 5) is 0. The van der Waals surface area contributed by atoms with Crippen molar-refractivity contribution in [3.8, 4) is 0 Å². The summed E-state index contributed by atoms with van der Waals surface area (Å²) in [5.41, 5.74) is 3.61. The van der Waals surface area contributed by atoms with E-state index in [1.54, 1.807) is 0 Å². The predicted octanol–water partition coefficient (Wildman–Crippen LogP) is 8.02. The van der Waals surface area contributed by atoms with Crippen LogP contribution in [0.4, 0.5) is 0 Å². The van der Waals surface area contributed by atoms with Gasteiger partial charge in [0.25, 0.3) is 0 Å². The Kier molecular flexibility index (Phi) is 4.82. The third-order valence-electron chi connectivity index (χ3n) is 13.2. The van der Waals surface area contributed by atoms with Gasteiger partial charge in [-0.2, -0.15) is 0 Å². The molecule has 0 aromatic heterocycles. The molecule has 5 aliphatic carbocycles. The van der Waals surface area contributed by atoms with Crippen LogP contribution in [0.2, 0.25) is 0 Å². The molecule has 176 valence electrons. The Morgan fingerprint density at radius 2 is 1.48 bits per heavy atom. The van der Waals surface area contributed by atoms with Crippen molar-refractivity contribution in [2.75, 3.05) is 0 Å². The van der Waals surface area contributed by atoms with Crippen LogP contribution in [-0.4, -0.2) is 11.2 Å². The first kappa shape index (κ1) is 22.5. The SMILES string of the molecule is CC(C)[C@@H]1CC[C@@H]2[C@]1(C)CC[C@]1(C)[C@H]3CC[C@H]4C(C)(C)[C@@H](O)CC[C@]4(C)C3=CC[C@@]21C. The van der Waals surface area contributed by atoms with E-state index in [4.69, 9.17) is 0 Å². The van der Waals surface area contributed by atoms with Crippen LogP contribution in [0.3, 0.4) is 0 Å². The molecule has 0 bridgehead atoms. The molecular formula is C30H50O. The molecule has 4 saturated carbocycles. The molecule has 0 aromatic rings. The summed E-state index contributed by atoms with van der Waals surface area (Å²) >= 11 is 0. The Morgan fingerprint density at radius 1 is 0.806 bits per heavy atom. The zero-order valence-electron chi connectivity index (χ0n) is 21.9. The molecule has 5 rings (SSSR count). The summed E-state index contributed by atoms with van der Waals surface area (Å²) < 4.78 is 0. The van der Waals surface area contributed by atoms with Crippen LogP contribution < -0.4 is 0 Å². The molecular weight excluding hydrogens is 376 g/mol. The van der Waals surface area contributed by atoms with E-state index in [9.17, 15) is 5.11 Å². The molecule has 0 aromatic carbocycles. The molecule has 9 atom stereocenters. The second-order valence-corrected chi connectivity index (χ2v) is 14.7. The normalized spacial score (nSPS) is 55.7. The van der Waals surface area contributed by atoms with Gasteiger partial charge in [-0.15, -0.1) is 0 Å². The van der Waals surface area contributed by atoms with Crippen molar-refractivity contribution in [1.82, 2.24) is 0 Å². The van der Waals surface area contributed by atoms with E-state index >= 15 is 0 Å². The van der Waals surface area contributed by atoms with Gasteiger partial charge in [-0.3, -0.25) is 0 Å². The quantitative estimate of drug-likeness (QED) is 0.421. The number of hydrogen-bond acceptors (Lipinski definition) is 1. The maximum atomic E-state index is 10.8. The molecule has 1 N–H and O–H groups in total. The number of aliphatic hydroxyl groups is 1. The molecule has 1 heteroatoms. The minimum atomic E-state index is -0.131. The Balaban J connectivity index is 1.55. The summed E-state index contributed by atoms with van der Waals surface area (Å²) in [6, 6.07) is 0. The van der Waals surface area contributed by atoms with Crippen molar-refractivity contribution in [1.29, 1.82) is 0 Å². The minimum absolute atomic E-state index is 0.0432. The standard InChI is InChI=1S/C30H50O/c1-19(2)20-9-12-24-28(20,6)17-18-29(7)22-10-11-23-26(3,4)25(31)14-15-27(23,5)21(22)13-16-30(24,29)8/h13,19-20,22-25,31H,9-12,14-18H2,1-8H3/t20-,22-,23-,24+,25-,27+,28+,29+,30-/m0/s1. The van der Waals surface area contributed by atoms with Crippen LogP contribution in [0.1, 0.15) is 113 Å². The molecule has 0 aliphatic heterocycles. The molecule has 0 radical (unpaired) electrons. The lowest BCUT2D eigenvalue weighted by molar-refractivity contribution is -0.165. The Hall–Kier alpha value is -0.300. The zero-order chi connectivity index (χ0) is 22.6. The van der Waals surface area contributed by atoms with Crippen molar-refractivity contribution in [2.45, 2.75) is 119 Å². The van der Waals surface area contributed by atoms with Crippen LogP contribution in [0.5, 0.6) is 0 Å². The highest BCUT2D eigenvalue weighted by atomic mass is 16.3. The van der Waals surface area contributed by atoms with Gasteiger partial charge in [-0.25, -0.2) is 0 Å². The fourth-order valence-electron chi connectivity index (χ4n) is 11.2. The van der Waals surface area contributed by atoms with Gasteiger partial charge in [0.15, 0.2) is 0 Å². The first-order valence-corrected chi connectivity index (χ1v) is 13.7. The molecule has 1 nitrogen and oxygen atoms in total. The summed E-state index contributed by atoms with van der Waals surface area (Å²) in [6.07, 6.45) is 14.6. The Bertz CT molecular complexity index is 777. The van der Waals surface area contributed by atoms with Crippen LogP contribution >= 0.6 is 0 Å². The summed E-state index contributed by atoms with van der Waals surface area (Å²) in [5.74, 6) is 4.02. The van der Waals surface area contributed by atoms with Crippen LogP contribution in [-0.2, 0) is 0 Å². The lowest BCUT2D eigenvalue weighted by Crippen LogP contribution is -2.62. The highest BCUT2D eigenvalue weighted by Gasteiger charge is 2.68. The van der Waals surface area contributed by atoms with Crippen molar-refractivity contribution < 1.29 is 5.11 Å². The van der Waals surface area contributed by atoms with Gasteiger partial charge in [0, 0.05) is 0 Å². The predicted molar refractivity (Wildman–Crippen MR) is 131 cm³/mol. The Labute approximate surface area is 192 Å². The lowest BCUT2D eigenvalue weighted by atomic mass is 9.35. The maximum Gasteiger partial charge on any atom is 0.0594 e. The minimum Gasteiger partial charge on any atom is -0.393 e. The topological polar surface area (TPSA) is 20.2 Å². The molecule has 5 aliphatic rings. The van der Waals surface area contributed by atoms with Gasteiger partial charge < -0.3 is 5.11 Å². The van der Waals surface area contributed by atoms with Gasteiger partial charge >= 0.3 is 0 Å². The highest BCUT2D eigenvalue weighted by Crippen LogP contribution is 2.76. The van der Waals surface area contributed by atoms with Gasteiger partial charge in [-0.05, 0) is 114 Å². The van der Waals surface area contributed by atoms with Crippen LogP contribution in [0.25, 0.3) is 0 Å². The molecule has 31 heavy (non-hydrogen) atoms. The fraction of sp³-hybridized carbons (Fsp3) is 0.933. The van der Waals surface area contributed by atoms with Crippen molar-refractivity contribution in [2.24, 2.45) is 56.7 Å². The average molecular weight is 427 g/mol. The zero-order valence-corrected chi connectivity index (χ0v) is 21.9. The van der Waals surface area contributed by atoms with E-state index in [1.165, 1.54) is 51.4 Å². The Morgan fingerprint density at radius 3 is 2.16 bits per heavy atom. The largest absolute Gasteiger partial charge is 0.393 e. The lowest BCUT2D eigenvalue weighted by Gasteiger charge is -2.69. The van der Waals surface area contributed by atoms with Crippen LogP contribution in [0, 0.1) is 56.7 Å². The van der Waals surface area contributed by atoms with Gasteiger partial charge in [0.05, 0.1) is 6.10 Å². The molecule has 0 saturated heterocycles. The number of aliphatic hydroxyl groups excluding tert-OH is 1. The fourth-order valence-corrected chi connectivity index (χ4v) is 11.2. The number of rotatable bonds is 1. The van der Waals surface area contributed by atoms with Crippen molar-refractivity contribution in [3.63, 3.8) is 0 Å². The highest BCUT2D eigenvalue weighted by molar-refractivity contribution is 5.33. The van der Waals surface area contributed by atoms with E-state index in [0.717, 1.165) is 30.1 Å². The first-order chi connectivity index (χ1) is 14.3. The number of hydrogen-bond donors (Lipinski definition) is 1.